The number of carbonyl (C=O) groups is 2. The highest BCUT2D eigenvalue weighted by atomic mass is 16.2. The Bertz CT molecular complexity index is 794. The van der Waals surface area contributed by atoms with Crippen LogP contribution in [0.25, 0.3) is 11.1 Å². The lowest BCUT2D eigenvalue weighted by molar-refractivity contribution is -0.125. The van der Waals surface area contributed by atoms with Gasteiger partial charge in [0.1, 0.15) is 0 Å². The maximum atomic E-state index is 12.3. The third kappa shape index (κ3) is 2.84. The van der Waals surface area contributed by atoms with Crippen LogP contribution in [0.3, 0.4) is 0 Å². The monoisotopic (exact) mass is 308 g/mol. The molecule has 4 nitrogen and oxygen atoms in total. The number of rotatable bonds is 4. The molecule has 2 aromatic rings. The molecule has 23 heavy (non-hydrogen) atoms. The molecular weight excluding hydrogens is 288 g/mol. The topological polar surface area (TPSA) is 72.2 Å². The summed E-state index contributed by atoms with van der Waals surface area (Å²) in [7, 11) is 0. The van der Waals surface area contributed by atoms with Crippen LogP contribution < -0.4 is 11.1 Å². The Labute approximate surface area is 135 Å². The first kappa shape index (κ1) is 15.3. The summed E-state index contributed by atoms with van der Waals surface area (Å²) in [5, 5.41) is 2.79. The molecule has 0 heterocycles. The Morgan fingerprint density at radius 3 is 2.52 bits per heavy atom. The molecule has 1 aliphatic carbocycles. The van der Waals surface area contributed by atoms with E-state index in [1.807, 2.05) is 30.3 Å². The van der Waals surface area contributed by atoms with Gasteiger partial charge < -0.3 is 11.1 Å². The van der Waals surface area contributed by atoms with Crippen molar-refractivity contribution in [2.75, 3.05) is 6.54 Å². The van der Waals surface area contributed by atoms with Crippen molar-refractivity contribution >= 4 is 11.8 Å². The lowest BCUT2D eigenvalue weighted by Crippen LogP contribution is -2.42. The number of fused-ring (bicyclic) bond motifs is 3. The minimum atomic E-state index is -0.761. The van der Waals surface area contributed by atoms with Gasteiger partial charge >= 0.3 is 0 Å². The average Bonchev–Trinajstić information content (AvgIpc) is 2.90. The first-order valence-corrected chi connectivity index (χ1v) is 7.68. The van der Waals surface area contributed by atoms with Gasteiger partial charge in [0, 0.05) is 12.1 Å². The Morgan fingerprint density at radius 1 is 1.09 bits per heavy atom. The number of hydrogen-bond acceptors (Lipinski definition) is 2. The molecule has 3 N–H and O–H groups in total. The van der Waals surface area contributed by atoms with Crippen molar-refractivity contribution < 1.29 is 9.59 Å². The van der Waals surface area contributed by atoms with Crippen molar-refractivity contribution in [2.24, 2.45) is 11.1 Å². The van der Waals surface area contributed by atoms with E-state index in [0.29, 0.717) is 5.56 Å². The third-order valence-electron chi connectivity index (χ3n) is 4.41. The molecule has 118 valence electrons. The summed E-state index contributed by atoms with van der Waals surface area (Å²) >= 11 is 0. The molecule has 4 heteroatoms. The summed E-state index contributed by atoms with van der Waals surface area (Å²) in [5.41, 5.74) is 10.1. The molecular formula is C19H20N2O2. The van der Waals surface area contributed by atoms with Gasteiger partial charge in [0.15, 0.2) is 0 Å². The summed E-state index contributed by atoms with van der Waals surface area (Å²) < 4.78 is 0. The molecule has 0 aliphatic heterocycles. The van der Waals surface area contributed by atoms with Crippen molar-refractivity contribution in [3.05, 3.63) is 59.2 Å². The highest BCUT2D eigenvalue weighted by Crippen LogP contribution is 2.36. The lowest BCUT2D eigenvalue weighted by atomic mass is 9.92. The lowest BCUT2D eigenvalue weighted by Gasteiger charge is -2.20. The summed E-state index contributed by atoms with van der Waals surface area (Å²) in [6, 6.07) is 14.0. The zero-order valence-electron chi connectivity index (χ0n) is 13.3. The van der Waals surface area contributed by atoms with Gasteiger partial charge in [-0.3, -0.25) is 9.59 Å². The van der Waals surface area contributed by atoms with E-state index in [2.05, 4.69) is 17.4 Å². The van der Waals surface area contributed by atoms with E-state index in [1.165, 1.54) is 16.7 Å². The van der Waals surface area contributed by atoms with Crippen LogP contribution in [0.4, 0.5) is 0 Å². The molecule has 0 fully saturated rings. The van der Waals surface area contributed by atoms with E-state index in [9.17, 15) is 9.59 Å². The highest BCUT2D eigenvalue weighted by Gasteiger charge is 2.26. The Balaban J connectivity index is 1.77. The van der Waals surface area contributed by atoms with Gasteiger partial charge in [0.2, 0.25) is 5.91 Å². The number of amides is 2. The van der Waals surface area contributed by atoms with E-state index in [1.54, 1.807) is 13.8 Å². The number of primary amides is 1. The first-order chi connectivity index (χ1) is 10.9. The number of nitrogens with one attached hydrogen (secondary N) is 1. The summed E-state index contributed by atoms with van der Waals surface area (Å²) in [6.07, 6.45) is 0.847. The van der Waals surface area contributed by atoms with Gasteiger partial charge in [-0.05, 0) is 54.7 Å². The van der Waals surface area contributed by atoms with Crippen LogP contribution in [-0.2, 0) is 11.2 Å². The van der Waals surface area contributed by atoms with Crippen LogP contribution in [0.1, 0.15) is 35.3 Å². The average molecular weight is 308 g/mol. The number of benzene rings is 2. The zero-order chi connectivity index (χ0) is 16.6. The minimum absolute atomic E-state index is 0.182. The fraction of sp³-hybridized carbons (Fsp3) is 0.263. The molecule has 0 saturated carbocycles. The molecule has 0 atom stereocenters. The van der Waals surface area contributed by atoms with Gasteiger partial charge in [0.25, 0.3) is 5.91 Å². The van der Waals surface area contributed by atoms with E-state index < -0.39 is 11.3 Å². The molecule has 0 spiro atoms. The van der Waals surface area contributed by atoms with Gasteiger partial charge in [-0.1, -0.05) is 30.3 Å². The molecule has 0 unspecified atom stereocenters. The van der Waals surface area contributed by atoms with E-state index >= 15 is 0 Å². The predicted octanol–water partition coefficient (Wildman–Crippen LogP) is 2.50. The second kappa shape index (κ2) is 5.54. The Hall–Kier alpha value is -2.62. The van der Waals surface area contributed by atoms with E-state index in [-0.39, 0.29) is 12.5 Å². The van der Waals surface area contributed by atoms with Crippen molar-refractivity contribution in [1.29, 1.82) is 0 Å². The van der Waals surface area contributed by atoms with Crippen LogP contribution in [0.15, 0.2) is 42.5 Å². The standard InChI is InChI=1S/C19H20N2O2/c1-19(2,18(20)23)11-21-17(22)13-7-8-16-14(10-13)9-12-5-3-4-6-15(12)16/h3-8,10H,9,11H2,1-2H3,(H2,20,23)(H,21,22). The molecule has 0 saturated heterocycles. The Morgan fingerprint density at radius 2 is 1.78 bits per heavy atom. The minimum Gasteiger partial charge on any atom is -0.369 e. The van der Waals surface area contributed by atoms with Crippen molar-refractivity contribution in [3.63, 3.8) is 0 Å². The smallest absolute Gasteiger partial charge is 0.251 e. The van der Waals surface area contributed by atoms with Crippen LogP contribution in [0.2, 0.25) is 0 Å². The quantitative estimate of drug-likeness (QED) is 0.777. The predicted molar refractivity (Wildman–Crippen MR) is 90.0 cm³/mol. The molecule has 2 aromatic carbocycles. The number of hydrogen-bond donors (Lipinski definition) is 2. The summed E-state index contributed by atoms with van der Waals surface area (Å²) in [5.74, 6) is -0.611. The maximum Gasteiger partial charge on any atom is 0.251 e. The van der Waals surface area contributed by atoms with Gasteiger partial charge in [-0.15, -0.1) is 0 Å². The van der Waals surface area contributed by atoms with Gasteiger partial charge in [-0.25, -0.2) is 0 Å². The second-order valence-corrected chi connectivity index (χ2v) is 6.64. The van der Waals surface area contributed by atoms with E-state index in [4.69, 9.17) is 5.73 Å². The van der Waals surface area contributed by atoms with Crippen LogP contribution in [0, 0.1) is 5.41 Å². The molecule has 2 amide bonds. The van der Waals surface area contributed by atoms with Crippen molar-refractivity contribution in [3.8, 4) is 11.1 Å². The largest absolute Gasteiger partial charge is 0.369 e. The molecule has 0 aromatic heterocycles. The fourth-order valence-electron chi connectivity index (χ4n) is 2.78. The van der Waals surface area contributed by atoms with Crippen molar-refractivity contribution in [1.82, 2.24) is 5.32 Å². The van der Waals surface area contributed by atoms with Crippen LogP contribution in [0.5, 0.6) is 0 Å². The van der Waals surface area contributed by atoms with Gasteiger partial charge in [-0.2, -0.15) is 0 Å². The van der Waals surface area contributed by atoms with Crippen molar-refractivity contribution in [2.45, 2.75) is 20.3 Å². The fourth-order valence-corrected chi connectivity index (χ4v) is 2.78. The SMILES string of the molecule is CC(C)(CNC(=O)c1ccc2c(c1)Cc1ccccc1-2)C(N)=O. The Kier molecular flexibility index (Phi) is 3.68. The van der Waals surface area contributed by atoms with Gasteiger partial charge in [0.05, 0.1) is 5.41 Å². The number of nitrogens with two attached hydrogens (primary N) is 1. The number of carbonyl (C=O) groups excluding carboxylic acids is 2. The third-order valence-corrected chi connectivity index (χ3v) is 4.41. The summed E-state index contributed by atoms with van der Waals surface area (Å²) in [4.78, 5) is 23.6. The highest BCUT2D eigenvalue weighted by molar-refractivity contribution is 5.96. The second-order valence-electron chi connectivity index (χ2n) is 6.64. The van der Waals surface area contributed by atoms with E-state index in [0.717, 1.165) is 12.0 Å². The van der Waals surface area contributed by atoms with Crippen LogP contribution >= 0.6 is 0 Å². The maximum absolute atomic E-state index is 12.3. The molecule has 3 rings (SSSR count). The molecule has 0 radical (unpaired) electrons. The summed E-state index contributed by atoms with van der Waals surface area (Å²) in [6.45, 7) is 3.66. The van der Waals surface area contributed by atoms with Crippen LogP contribution in [-0.4, -0.2) is 18.4 Å². The molecule has 0 bridgehead atoms. The zero-order valence-corrected chi connectivity index (χ0v) is 13.3. The normalized spacial score (nSPS) is 12.4. The first-order valence-electron chi connectivity index (χ1n) is 7.68. The molecule has 1 aliphatic rings.